The van der Waals surface area contributed by atoms with Crippen molar-refractivity contribution < 1.29 is 9.53 Å². The first kappa shape index (κ1) is 13.9. The second-order valence-corrected chi connectivity index (χ2v) is 5.53. The molecule has 2 rings (SSSR count). The molecule has 1 aromatic carbocycles. The highest BCUT2D eigenvalue weighted by molar-refractivity contribution is 5.95. The van der Waals surface area contributed by atoms with Crippen LogP contribution in [0.2, 0.25) is 0 Å². The van der Waals surface area contributed by atoms with Crippen LogP contribution >= 0.6 is 0 Å². The summed E-state index contributed by atoms with van der Waals surface area (Å²) in [6, 6.07) is 7.36. The fraction of sp³-hybridized carbons (Fsp3) is 0.533. The maximum atomic E-state index is 12.7. The molecule has 1 amide bonds. The van der Waals surface area contributed by atoms with E-state index < -0.39 is 0 Å². The van der Waals surface area contributed by atoms with E-state index in [0.717, 1.165) is 31.8 Å². The summed E-state index contributed by atoms with van der Waals surface area (Å²) < 4.78 is 5.19. The summed E-state index contributed by atoms with van der Waals surface area (Å²) in [5.41, 5.74) is 0.519. The molecule has 1 aromatic rings. The Kier molecular flexibility index (Phi) is 4.10. The van der Waals surface area contributed by atoms with E-state index in [-0.39, 0.29) is 11.4 Å². The lowest BCUT2D eigenvalue weighted by Crippen LogP contribution is -2.51. The van der Waals surface area contributed by atoms with Gasteiger partial charge in [-0.05, 0) is 45.0 Å². The van der Waals surface area contributed by atoms with Gasteiger partial charge in [0.2, 0.25) is 0 Å². The van der Waals surface area contributed by atoms with Crippen molar-refractivity contribution in [3.05, 3.63) is 29.8 Å². The van der Waals surface area contributed by atoms with Crippen molar-refractivity contribution in [2.45, 2.75) is 25.8 Å². The molecule has 0 aliphatic carbocycles. The van der Waals surface area contributed by atoms with E-state index in [9.17, 15) is 4.79 Å². The van der Waals surface area contributed by atoms with Crippen LogP contribution in [0.25, 0.3) is 0 Å². The number of amides is 1. The third-order valence-corrected chi connectivity index (χ3v) is 3.59. The molecule has 1 aliphatic rings. The van der Waals surface area contributed by atoms with Crippen LogP contribution in [-0.2, 0) is 0 Å². The summed E-state index contributed by atoms with van der Waals surface area (Å²) in [6.07, 6.45) is 0.985. The predicted octanol–water partition coefficient (Wildman–Crippen LogP) is 1.91. The average Bonchev–Trinajstić information content (AvgIpc) is 2.58. The first-order valence-electron chi connectivity index (χ1n) is 6.71. The minimum absolute atomic E-state index is 0.0765. The molecule has 0 atom stereocenters. The van der Waals surface area contributed by atoms with Crippen molar-refractivity contribution in [3.8, 4) is 5.75 Å². The van der Waals surface area contributed by atoms with Gasteiger partial charge in [0, 0.05) is 24.2 Å². The van der Waals surface area contributed by atoms with E-state index in [1.165, 1.54) is 0 Å². The van der Waals surface area contributed by atoms with Crippen LogP contribution in [0.5, 0.6) is 5.75 Å². The molecule has 0 spiro atoms. The van der Waals surface area contributed by atoms with Crippen LogP contribution in [0.4, 0.5) is 0 Å². The standard InChI is InChI=1S/C15H22N2O2/c1-15(2)11-16-8-5-9-17(15)14(18)12-6-4-7-13(10-12)19-3/h4,6-7,10,16H,5,8-9,11H2,1-3H3. The maximum Gasteiger partial charge on any atom is 0.254 e. The number of benzene rings is 1. The number of carbonyl (C=O) groups excluding carboxylic acids is 1. The SMILES string of the molecule is COc1cccc(C(=O)N2CCCNCC2(C)C)c1. The molecule has 0 aromatic heterocycles. The highest BCUT2D eigenvalue weighted by atomic mass is 16.5. The van der Waals surface area contributed by atoms with Crippen molar-refractivity contribution in [1.82, 2.24) is 10.2 Å². The smallest absolute Gasteiger partial charge is 0.254 e. The Labute approximate surface area is 114 Å². The Hall–Kier alpha value is -1.55. The summed E-state index contributed by atoms with van der Waals surface area (Å²) in [4.78, 5) is 14.6. The van der Waals surface area contributed by atoms with Crippen LogP contribution in [-0.4, -0.2) is 43.1 Å². The van der Waals surface area contributed by atoms with Crippen LogP contribution in [0.1, 0.15) is 30.6 Å². The molecule has 1 heterocycles. The zero-order chi connectivity index (χ0) is 13.9. The molecular weight excluding hydrogens is 240 g/mol. The Morgan fingerprint density at radius 1 is 1.42 bits per heavy atom. The van der Waals surface area contributed by atoms with Crippen LogP contribution in [0.15, 0.2) is 24.3 Å². The molecule has 1 saturated heterocycles. The monoisotopic (exact) mass is 262 g/mol. The van der Waals surface area contributed by atoms with Gasteiger partial charge in [0.05, 0.1) is 7.11 Å². The fourth-order valence-corrected chi connectivity index (χ4v) is 2.44. The molecule has 0 unspecified atom stereocenters. The molecule has 1 aliphatic heterocycles. The molecule has 4 heteroatoms. The van der Waals surface area contributed by atoms with Gasteiger partial charge in [0.15, 0.2) is 0 Å². The fourth-order valence-electron chi connectivity index (χ4n) is 2.44. The third-order valence-electron chi connectivity index (χ3n) is 3.59. The number of nitrogens with one attached hydrogen (secondary N) is 1. The molecule has 1 N–H and O–H groups in total. The number of hydrogen-bond acceptors (Lipinski definition) is 3. The molecule has 4 nitrogen and oxygen atoms in total. The Morgan fingerprint density at radius 3 is 2.95 bits per heavy atom. The van der Waals surface area contributed by atoms with E-state index in [1.807, 2.05) is 23.1 Å². The van der Waals surface area contributed by atoms with E-state index in [0.29, 0.717) is 5.56 Å². The number of methoxy groups -OCH3 is 1. The molecule has 1 fully saturated rings. The van der Waals surface area contributed by atoms with E-state index in [4.69, 9.17) is 4.74 Å². The molecular formula is C15H22N2O2. The van der Waals surface area contributed by atoms with Gasteiger partial charge in [0.1, 0.15) is 5.75 Å². The lowest BCUT2D eigenvalue weighted by atomic mass is 10.0. The van der Waals surface area contributed by atoms with Crippen molar-refractivity contribution in [3.63, 3.8) is 0 Å². The van der Waals surface area contributed by atoms with Crippen LogP contribution in [0.3, 0.4) is 0 Å². The van der Waals surface area contributed by atoms with Gasteiger partial charge in [-0.2, -0.15) is 0 Å². The molecule has 0 saturated carbocycles. The van der Waals surface area contributed by atoms with Crippen molar-refractivity contribution in [2.75, 3.05) is 26.7 Å². The molecule has 104 valence electrons. The first-order valence-corrected chi connectivity index (χ1v) is 6.71. The normalized spacial score (nSPS) is 18.8. The van der Waals surface area contributed by atoms with Gasteiger partial charge >= 0.3 is 0 Å². The second-order valence-electron chi connectivity index (χ2n) is 5.53. The topological polar surface area (TPSA) is 41.6 Å². The number of rotatable bonds is 2. The minimum atomic E-state index is -0.170. The van der Waals surface area contributed by atoms with Crippen molar-refractivity contribution >= 4 is 5.91 Å². The van der Waals surface area contributed by atoms with Gasteiger partial charge in [0.25, 0.3) is 5.91 Å². The lowest BCUT2D eigenvalue weighted by molar-refractivity contribution is 0.0578. The molecule has 0 radical (unpaired) electrons. The van der Waals surface area contributed by atoms with Gasteiger partial charge in [-0.25, -0.2) is 0 Å². The zero-order valence-corrected chi connectivity index (χ0v) is 11.9. The second kappa shape index (κ2) is 5.61. The summed E-state index contributed by atoms with van der Waals surface area (Å²) >= 11 is 0. The highest BCUT2D eigenvalue weighted by Gasteiger charge is 2.32. The van der Waals surface area contributed by atoms with E-state index in [2.05, 4.69) is 19.2 Å². The van der Waals surface area contributed by atoms with Gasteiger partial charge in [-0.15, -0.1) is 0 Å². The summed E-state index contributed by atoms with van der Waals surface area (Å²) in [7, 11) is 1.61. The Balaban J connectivity index is 2.25. The molecule has 0 bridgehead atoms. The van der Waals surface area contributed by atoms with E-state index >= 15 is 0 Å². The summed E-state index contributed by atoms with van der Waals surface area (Å²) in [5.74, 6) is 0.796. The Bertz CT molecular complexity index is 457. The zero-order valence-electron chi connectivity index (χ0n) is 11.9. The number of hydrogen-bond donors (Lipinski definition) is 1. The number of ether oxygens (including phenoxy) is 1. The van der Waals surface area contributed by atoms with Gasteiger partial charge < -0.3 is 15.0 Å². The average molecular weight is 262 g/mol. The summed E-state index contributed by atoms with van der Waals surface area (Å²) in [5, 5.41) is 3.38. The third kappa shape index (κ3) is 3.07. The largest absolute Gasteiger partial charge is 0.497 e. The predicted molar refractivity (Wildman–Crippen MR) is 75.6 cm³/mol. The van der Waals surface area contributed by atoms with Gasteiger partial charge in [-0.3, -0.25) is 4.79 Å². The van der Waals surface area contributed by atoms with Crippen LogP contribution < -0.4 is 10.1 Å². The van der Waals surface area contributed by atoms with Crippen molar-refractivity contribution in [2.24, 2.45) is 0 Å². The number of nitrogens with zero attached hydrogens (tertiary/aromatic N) is 1. The van der Waals surface area contributed by atoms with E-state index in [1.54, 1.807) is 13.2 Å². The van der Waals surface area contributed by atoms with Gasteiger partial charge in [-0.1, -0.05) is 6.07 Å². The maximum absolute atomic E-state index is 12.7. The lowest BCUT2D eigenvalue weighted by Gasteiger charge is -2.37. The quantitative estimate of drug-likeness (QED) is 0.885. The minimum Gasteiger partial charge on any atom is -0.497 e. The molecule has 19 heavy (non-hydrogen) atoms. The first-order chi connectivity index (χ1) is 9.04. The van der Waals surface area contributed by atoms with Crippen LogP contribution in [0, 0.1) is 0 Å². The number of carbonyl (C=O) groups is 1. The van der Waals surface area contributed by atoms with Crippen molar-refractivity contribution in [1.29, 1.82) is 0 Å². The summed E-state index contributed by atoms with van der Waals surface area (Å²) in [6.45, 7) is 6.77. The highest BCUT2D eigenvalue weighted by Crippen LogP contribution is 2.21. The Morgan fingerprint density at radius 2 is 2.21 bits per heavy atom.